The lowest BCUT2D eigenvalue weighted by Gasteiger charge is -2.26. The van der Waals surface area contributed by atoms with Gasteiger partial charge in [-0.05, 0) is 48.1 Å². The van der Waals surface area contributed by atoms with E-state index < -0.39 is 0 Å². The molecule has 3 nitrogen and oxygen atoms in total. The molecule has 0 aromatic carbocycles. The molecule has 2 saturated carbocycles. The normalized spacial score (nSPS) is 26.5. The first-order chi connectivity index (χ1) is 10.2. The van der Waals surface area contributed by atoms with Gasteiger partial charge in [0.05, 0.1) is 11.4 Å². The maximum absolute atomic E-state index is 12.6. The third kappa shape index (κ3) is 3.14. The minimum Gasteiger partial charge on any atom is -0.341 e. The lowest BCUT2D eigenvalue weighted by molar-refractivity contribution is -0.136. The fourth-order valence-corrected chi connectivity index (χ4v) is 4.62. The molecule has 2 N–H and O–H groups in total. The Balaban J connectivity index is 1.59. The van der Waals surface area contributed by atoms with E-state index >= 15 is 0 Å². The number of hydrogen-bond acceptors (Lipinski definition) is 3. The topological polar surface area (TPSA) is 46.3 Å². The van der Waals surface area contributed by atoms with Crippen molar-refractivity contribution in [2.45, 2.75) is 32.2 Å². The number of hydrogen-bond donors (Lipinski definition) is 1. The fourth-order valence-electron chi connectivity index (χ4n) is 3.84. The molecule has 2 aliphatic carbocycles. The summed E-state index contributed by atoms with van der Waals surface area (Å²) >= 11 is 1.62. The zero-order chi connectivity index (χ0) is 14.8. The van der Waals surface area contributed by atoms with Crippen LogP contribution in [-0.4, -0.2) is 24.4 Å². The molecule has 0 saturated heterocycles. The highest BCUT2D eigenvalue weighted by Gasteiger charge is 2.43. The number of fused-ring (bicyclic) bond motifs is 2. The summed E-state index contributed by atoms with van der Waals surface area (Å²) in [4.78, 5) is 15.5. The smallest absolute Gasteiger partial charge is 0.226 e. The Morgan fingerprint density at radius 1 is 1.48 bits per heavy atom. The van der Waals surface area contributed by atoms with Crippen molar-refractivity contribution in [3.05, 3.63) is 21.9 Å². The standard InChI is InChI=1S/C17H22N2OS/c1-19(10-13-8-15(21-11-13)3-2-6-18)17(20)16-9-12-4-5-14(16)7-12/h8,11-12,14,16H,4-7,9-10,18H2,1H3. The molecule has 2 fully saturated rings. The third-order valence-electron chi connectivity index (χ3n) is 4.82. The van der Waals surface area contributed by atoms with Crippen LogP contribution in [0.2, 0.25) is 0 Å². The zero-order valence-electron chi connectivity index (χ0n) is 12.5. The fraction of sp³-hybridized carbons (Fsp3) is 0.588. The first kappa shape index (κ1) is 14.6. The van der Waals surface area contributed by atoms with Crippen LogP contribution in [0.15, 0.2) is 11.4 Å². The third-order valence-corrected chi connectivity index (χ3v) is 5.71. The number of nitrogens with zero attached hydrogens (tertiary/aromatic N) is 1. The minimum absolute atomic E-state index is 0.281. The molecule has 3 atom stereocenters. The molecule has 3 rings (SSSR count). The van der Waals surface area contributed by atoms with Gasteiger partial charge < -0.3 is 10.6 Å². The van der Waals surface area contributed by atoms with Crippen molar-refractivity contribution in [3.63, 3.8) is 0 Å². The number of carbonyl (C=O) groups is 1. The van der Waals surface area contributed by atoms with Crippen molar-refractivity contribution in [2.24, 2.45) is 23.5 Å². The van der Waals surface area contributed by atoms with Crippen LogP contribution in [0.25, 0.3) is 0 Å². The highest BCUT2D eigenvalue weighted by atomic mass is 32.1. The van der Waals surface area contributed by atoms with Crippen molar-refractivity contribution in [1.82, 2.24) is 4.90 Å². The second-order valence-corrected chi connectivity index (χ2v) is 7.21. The summed E-state index contributed by atoms with van der Waals surface area (Å²) in [5, 5.41) is 2.09. The lowest BCUT2D eigenvalue weighted by Crippen LogP contribution is -2.34. The van der Waals surface area contributed by atoms with E-state index in [1.807, 2.05) is 11.9 Å². The van der Waals surface area contributed by atoms with Gasteiger partial charge in [0.1, 0.15) is 0 Å². The van der Waals surface area contributed by atoms with E-state index in [1.54, 1.807) is 11.3 Å². The Hall–Kier alpha value is -1.31. The molecule has 1 aromatic heterocycles. The summed E-state index contributed by atoms with van der Waals surface area (Å²) in [5.74, 6) is 7.99. The van der Waals surface area contributed by atoms with Gasteiger partial charge in [-0.2, -0.15) is 0 Å². The molecule has 1 heterocycles. The number of rotatable bonds is 3. The SMILES string of the molecule is CN(Cc1csc(C#CCN)c1)C(=O)C1CC2CCC1C2. The maximum atomic E-state index is 12.6. The predicted molar refractivity (Wildman–Crippen MR) is 85.7 cm³/mol. The van der Waals surface area contributed by atoms with E-state index in [4.69, 9.17) is 5.73 Å². The summed E-state index contributed by atoms with van der Waals surface area (Å²) in [6, 6.07) is 2.07. The van der Waals surface area contributed by atoms with Crippen LogP contribution in [0.3, 0.4) is 0 Å². The van der Waals surface area contributed by atoms with Gasteiger partial charge >= 0.3 is 0 Å². The molecular formula is C17H22N2OS. The van der Waals surface area contributed by atoms with E-state index in [0.717, 1.165) is 17.2 Å². The summed E-state index contributed by atoms with van der Waals surface area (Å²) < 4.78 is 0. The molecule has 1 aromatic rings. The van der Waals surface area contributed by atoms with Gasteiger partial charge in [0.15, 0.2) is 0 Å². The van der Waals surface area contributed by atoms with Gasteiger partial charge in [0, 0.05) is 19.5 Å². The maximum Gasteiger partial charge on any atom is 0.226 e. The summed E-state index contributed by atoms with van der Waals surface area (Å²) in [5.41, 5.74) is 6.55. The molecule has 0 spiro atoms. The van der Waals surface area contributed by atoms with Crippen molar-refractivity contribution in [1.29, 1.82) is 0 Å². The summed E-state index contributed by atoms with van der Waals surface area (Å²) in [7, 11) is 1.93. The molecule has 3 unspecified atom stereocenters. The second kappa shape index (κ2) is 6.21. The number of carbonyl (C=O) groups excluding carboxylic acids is 1. The Morgan fingerprint density at radius 3 is 3.00 bits per heavy atom. The molecule has 2 bridgehead atoms. The van der Waals surface area contributed by atoms with Gasteiger partial charge in [-0.15, -0.1) is 11.3 Å². The molecule has 112 valence electrons. The van der Waals surface area contributed by atoms with Crippen LogP contribution in [0.4, 0.5) is 0 Å². The van der Waals surface area contributed by atoms with Gasteiger partial charge in [-0.3, -0.25) is 4.79 Å². The Morgan fingerprint density at radius 2 is 2.33 bits per heavy atom. The summed E-state index contributed by atoms with van der Waals surface area (Å²) in [6.07, 6.45) is 4.99. The first-order valence-corrected chi connectivity index (χ1v) is 8.56. The second-order valence-electron chi connectivity index (χ2n) is 6.30. The van der Waals surface area contributed by atoms with Gasteiger partial charge in [-0.25, -0.2) is 0 Å². The quantitative estimate of drug-likeness (QED) is 0.872. The van der Waals surface area contributed by atoms with Crippen LogP contribution in [0, 0.1) is 29.6 Å². The molecule has 4 heteroatoms. The van der Waals surface area contributed by atoms with Crippen molar-refractivity contribution in [3.8, 4) is 11.8 Å². The first-order valence-electron chi connectivity index (χ1n) is 7.68. The van der Waals surface area contributed by atoms with E-state index in [2.05, 4.69) is 23.3 Å². The number of nitrogens with two attached hydrogens (primary N) is 1. The molecule has 0 aliphatic heterocycles. The van der Waals surface area contributed by atoms with E-state index in [-0.39, 0.29) is 5.92 Å². The summed E-state index contributed by atoms with van der Waals surface area (Å²) in [6.45, 7) is 1.07. The van der Waals surface area contributed by atoms with Crippen molar-refractivity contribution in [2.75, 3.05) is 13.6 Å². The van der Waals surface area contributed by atoms with Crippen LogP contribution in [0.5, 0.6) is 0 Å². The molecule has 21 heavy (non-hydrogen) atoms. The molecule has 1 amide bonds. The van der Waals surface area contributed by atoms with Crippen LogP contribution in [-0.2, 0) is 11.3 Å². The zero-order valence-corrected chi connectivity index (χ0v) is 13.3. The Labute approximate surface area is 130 Å². The minimum atomic E-state index is 0.281. The van der Waals surface area contributed by atoms with E-state index in [1.165, 1.54) is 24.8 Å². The van der Waals surface area contributed by atoms with Crippen LogP contribution >= 0.6 is 11.3 Å². The van der Waals surface area contributed by atoms with Crippen LogP contribution < -0.4 is 5.73 Å². The van der Waals surface area contributed by atoms with Gasteiger partial charge in [0.2, 0.25) is 5.91 Å². The Bertz CT molecular complexity index is 583. The van der Waals surface area contributed by atoms with E-state index in [9.17, 15) is 4.79 Å². The molecule has 2 aliphatic rings. The largest absolute Gasteiger partial charge is 0.341 e. The number of amides is 1. The molecule has 0 radical (unpaired) electrons. The van der Waals surface area contributed by atoms with E-state index in [0.29, 0.717) is 24.9 Å². The lowest BCUT2D eigenvalue weighted by atomic mass is 9.88. The average molecular weight is 302 g/mol. The highest BCUT2D eigenvalue weighted by Crippen LogP contribution is 2.48. The van der Waals surface area contributed by atoms with Crippen LogP contribution in [0.1, 0.15) is 36.1 Å². The van der Waals surface area contributed by atoms with Crippen molar-refractivity contribution >= 4 is 17.2 Å². The number of thiophene rings is 1. The van der Waals surface area contributed by atoms with Gasteiger partial charge in [0.25, 0.3) is 0 Å². The Kier molecular flexibility index (Phi) is 4.32. The molecular weight excluding hydrogens is 280 g/mol. The van der Waals surface area contributed by atoms with Gasteiger partial charge in [-0.1, -0.05) is 18.3 Å². The highest BCUT2D eigenvalue weighted by molar-refractivity contribution is 7.10. The van der Waals surface area contributed by atoms with Crippen molar-refractivity contribution < 1.29 is 4.79 Å². The average Bonchev–Trinajstić information content (AvgIpc) is 3.20. The predicted octanol–water partition coefficient (Wildman–Crippen LogP) is 2.45. The monoisotopic (exact) mass is 302 g/mol.